The van der Waals surface area contributed by atoms with Gasteiger partial charge in [0.05, 0.1) is 26.8 Å². The lowest BCUT2D eigenvalue weighted by molar-refractivity contribution is -0.123. The van der Waals surface area contributed by atoms with E-state index in [4.69, 9.17) is 21.1 Å². The molecule has 0 radical (unpaired) electrons. The van der Waals surface area contributed by atoms with Crippen molar-refractivity contribution in [2.24, 2.45) is 0 Å². The van der Waals surface area contributed by atoms with Crippen molar-refractivity contribution in [2.45, 2.75) is 19.0 Å². The van der Waals surface area contributed by atoms with E-state index in [-0.39, 0.29) is 36.6 Å². The van der Waals surface area contributed by atoms with Crippen LogP contribution in [0.25, 0.3) is 0 Å². The van der Waals surface area contributed by atoms with Gasteiger partial charge in [-0.05, 0) is 29.3 Å². The fraction of sp³-hybridized carbons (Fsp3) is 0.417. The third kappa shape index (κ3) is 5.79. The Labute approximate surface area is 205 Å². The molecule has 2 aliphatic rings. The topological polar surface area (TPSA) is 71.1 Å². The van der Waals surface area contributed by atoms with E-state index >= 15 is 0 Å². The summed E-state index contributed by atoms with van der Waals surface area (Å²) in [5.74, 6) is 0.987. The van der Waals surface area contributed by atoms with Crippen LogP contribution in [0.4, 0.5) is 0 Å². The summed E-state index contributed by atoms with van der Waals surface area (Å²) in [7, 11) is 3.09. The van der Waals surface area contributed by atoms with Crippen molar-refractivity contribution >= 4 is 35.7 Å². The molecular formula is C24H29Cl2N3O4. The average molecular weight is 494 g/mol. The summed E-state index contributed by atoms with van der Waals surface area (Å²) in [6, 6.07) is 11.0. The number of carbonyl (C=O) groups is 2. The number of benzene rings is 2. The molecule has 2 aromatic rings. The van der Waals surface area contributed by atoms with Crippen LogP contribution in [-0.2, 0) is 11.3 Å². The number of nitrogens with one attached hydrogen (secondary N) is 1. The van der Waals surface area contributed by atoms with E-state index in [9.17, 15) is 9.59 Å². The summed E-state index contributed by atoms with van der Waals surface area (Å²) < 4.78 is 10.7. The molecule has 2 aromatic carbocycles. The van der Waals surface area contributed by atoms with Gasteiger partial charge >= 0.3 is 0 Å². The summed E-state index contributed by atoms with van der Waals surface area (Å²) in [6.45, 7) is 4.49. The van der Waals surface area contributed by atoms with Gasteiger partial charge in [0.15, 0.2) is 17.3 Å². The number of nitrogens with zero attached hydrogens (tertiary/aromatic N) is 2. The first-order valence-corrected chi connectivity index (χ1v) is 11.1. The van der Waals surface area contributed by atoms with E-state index in [0.717, 1.165) is 48.9 Å². The zero-order valence-electron chi connectivity index (χ0n) is 18.8. The maximum atomic E-state index is 12.7. The number of carbonyl (C=O) groups excluding carboxylic acids is 2. The third-order valence-corrected chi connectivity index (χ3v) is 6.51. The zero-order valence-corrected chi connectivity index (χ0v) is 20.4. The molecule has 0 aromatic heterocycles. The van der Waals surface area contributed by atoms with E-state index in [1.165, 1.54) is 7.11 Å². The molecule has 0 bridgehead atoms. The second-order valence-corrected chi connectivity index (χ2v) is 8.59. The lowest BCUT2D eigenvalue weighted by atomic mass is 10.1. The summed E-state index contributed by atoms with van der Waals surface area (Å²) in [5.41, 5.74) is 2.49. The fourth-order valence-electron chi connectivity index (χ4n) is 4.37. The van der Waals surface area contributed by atoms with Gasteiger partial charge in [0.25, 0.3) is 0 Å². The summed E-state index contributed by atoms with van der Waals surface area (Å²) in [4.78, 5) is 29.7. The number of rotatable bonds is 7. The highest BCUT2D eigenvalue weighted by atomic mass is 35.5. The maximum Gasteiger partial charge on any atom is 0.234 e. The van der Waals surface area contributed by atoms with Gasteiger partial charge in [0.2, 0.25) is 5.91 Å². The molecule has 1 heterocycles. The van der Waals surface area contributed by atoms with Crippen molar-refractivity contribution in [1.29, 1.82) is 0 Å². The van der Waals surface area contributed by atoms with Crippen LogP contribution in [0, 0.1) is 0 Å². The van der Waals surface area contributed by atoms with Crippen molar-refractivity contribution < 1.29 is 19.1 Å². The molecule has 1 fully saturated rings. The minimum absolute atomic E-state index is 0. The van der Waals surface area contributed by atoms with Crippen LogP contribution in [0.2, 0.25) is 5.02 Å². The standard InChI is InChI=1S/C24H28ClN3O4.ClH/c1-31-22-11-17-18(12-23(22)32-2)21(29)13-20(17)26-24(30)15-28-9-7-27(8-10-28)14-16-5-3-4-6-19(16)25;/h3-6,11-12,20H,7-10,13-15H2,1-2H3,(H,26,30);1H. The Morgan fingerprint density at radius 2 is 1.70 bits per heavy atom. The molecular weight excluding hydrogens is 465 g/mol. The van der Waals surface area contributed by atoms with Crippen LogP contribution in [-0.4, -0.2) is 68.4 Å². The molecule has 1 unspecified atom stereocenters. The molecule has 1 atom stereocenters. The molecule has 0 spiro atoms. The molecule has 0 saturated carbocycles. The Morgan fingerprint density at radius 1 is 1.06 bits per heavy atom. The SMILES string of the molecule is COc1cc2c(cc1OC)C(NC(=O)CN1CCN(Cc3ccccc3Cl)CC1)CC2=O.Cl. The van der Waals surface area contributed by atoms with Crippen molar-refractivity contribution in [1.82, 2.24) is 15.1 Å². The second-order valence-electron chi connectivity index (χ2n) is 8.19. The van der Waals surface area contributed by atoms with Crippen LogP contribution < -0.4 is 14.8 Å². The van der Waals surface area contributed by atoms with Gasteiger partial charge in [0.1, 0.15) is 0 Å². The number of hydrogen-bond donors (Lipinski definition) is 1. The van der Waals surface area contributed by atoms with Crippen molar-refractivity contribution in [2.75, 3.05) is 46.9 Å². The van der Waals surface area contributed by atoms with Crippen LogP contribution in [0.5, 0.6) is 11.5 Å². The van der Waals surface area contributed by atoms with Gasteiger partial charge in [-0.2, -0.15) is 0 Å². The molecule has 1 amide bonds. The molecule has 1 saturated heterocycles. The molecule has 1 aliphatic carbocycles. The molecule has 7 nitrogen and oxygen atoms in total. The van der Waals surface area contributed by atoms with Crippen LogP contribution in [0.3, 0.4) is 0 Å². The first-order chi connectivity index (χ1) is 15.5. The predicted molar refractivity (Wildman–Crippen MR) is 130 cm³/mol. The summed E-state index contributed by atoms with van der Waals surface area (Å²) in [5, 5.41) is 3.82. The quantitative estimate of drug-likeness (QED) is 0.637. The van der Waals surface area contributed by atoms with Gasteiger partial charge in [0, 0.05) is 49.7 Å². The van der Waals surface area contributed by atoms with E-state index in [2.05, 4.69) is 15.1 Å². The molecule has 33 heavy (non-hydrogen) atoms. The molecule has 9 heteroatoms. The number of piperazine rings is 1. The second kappa shape index (κ2) is 11.2. The number of methoxy groups -OCH3 is 2. The van der Waals surface area contributed by atoms with Crippen LogP contribution >= 0.6 is 24.0 Å². The number of ether oxygens (including phenoxy) is 2. The lowest BCUT2D eigenvalue weighted by Crippen LogP contribution is -2.49. The monoisotopic (exact) mass is 493 g/mol. The number of ketones is 1. The Balaban J connectivity index is 0.00000306. The minimum atomic E-state index is -0.341. The number of fused-ring (bicyclic) bond motifs is 1. The highest BCUT2D eigenvalue weighted by Crippen LogP contribution is 2.39. The van der Waals surface area contributed by atoms with Gasteiger partial charge in [-0.15, -0.1) is 12.4 Å². The fourth-order valence-corrected chi connectivity index (χ4v) is 4.57. The van der Waals surface area contributed by atoms with Gasteiger partial charge in [-0.3, -0.25) is 19.4 Å². The normalized spacial score (nSPS) is 18.4. The van der Waals surface area contributed by atoms with Gasteiger partial charge < -0.3 is 14.8 Å². The van der Waals surface area contributed by atoms with Crippen LogP contribution in [0.15, 0.2) is 36.4 Å². The maximum absolute atomic E-state index is 12.7. The Bertz CT molecular complexity index is 1010. The first-order valence-electron chi connectivity index (χ1n) is 10.7. The third-order valence-electron chi connectivity index (χ3n) is 6.14. The zero-order chi connectivity index (χ0) is 22.7. The van der Waals surface area contributed by atoms with E-state index in [1.807, 2.05) is 24.3 Å². The first kappa shape index (κ1) is 25.3. The van der Waals surface area contributed by atoms with E-state index in [1.54, 1.807) is 19.2 Å². The van der Waals surface area contributed by atoms with Crippen LogP contribution in [0.1, 0.15) is 33.9 Å². The molecule has 1 aliphatic heterocycles. The highest BCUT2D eigenvalue weighted by molar-refractivity contribution is 6.31. The number of halogens is 2. The lowest BCUT2D eigenvalue weighted by Gasteiger charge is -2.34. The highest BCUT2D eigenvalue weighted by Gasteiger charge is 2.32. The largest absolute Gasteiger partial charge is 0.493 e. The Kier molecular flexibility index (Phi) is 8.59. The van der Waals surface area contributed by atoms with Gasteiger partial charge in [-0.1, -0.05) is 29.8 Å². The molecule has 4 rings (SSSR count). The average Bonchev–Trinajstić information content (AvgIpc) is 3.09. The minimum Gasteiger partial charge on any atom is -0.493 e. The molecule has 1 N–H and O–H groups in total. The smallest absolute Gasteiger partial charge is 0.234 e. The van der Waals surface area contributed by atoms with E-state index < -0.39 is 0 Å². The summed E-state index contributed by atoms with van der Waals surface area (Å²) in [6.07, 6.45) is 0.253. The number of amides is 1. The Hall–Kier alpha value is -2.32. The van der Waals surface area contributed by atoms with E-state index in [0.29, 0.717) is 23.6 Å². The van der Waals surface area contributed by atoms with Crippen molar-refractivity contribution in [3.05, 3.63) is 58.1 Å². The molecule has 178 valence electrons. The predicted octanol–water partition coefficient (Wildman–Crippen LogP) is 3.34. The van der Waals surface area contributed by atoms with Crippen molar-refractivity contribution in [3.8, 4) is 11.5 Å². The van der Waals surface area contributed by atoms with Crippen molar-refractivity contribution in [3.63, 3.8) is 0 Å². The van der Waals surface area contributed by atoms with Gasteiger partial charge in [-0.25, -0.2) is 0 Å². The number of Topliss-reactive ketones (excluding diaryl/α,β-unsaturated/α-hetero) is 1. The summed E-state index contributed by atoms with van der Waals surface area (Å²) >= 11 is 6.28. The Morgan fingerprint density at radius 3 is 2.36 bits per heavy atom. The number of hydrogen-bond acceptors (Lipinski definition) is 6.